The summed E-state index contributed by atoms with van der Waals surface area (Å²) < 4.78 is 18.8. The second-order valence-electron chi connectivity index (χ2n) is 4.36. The van der Waals surface area contributed by atoms with E-state index >= 15 is 0 Å². The van der Waals surface area contributed by atoms with E-state index in [2.05, 4.69) is 6.92 Å². The van der Waals surface area contributed by atoms with Gasteiger partial charge in [-0.3, -0.25) is 0 Å². The van der Waals surface area contributed by atoms with Crippen LogP contribution < -0.4 is 10.5 Å². The summed E-state index contributed by atoms with van der Waals surface area (Å²) in [4.78, 5) is 0. The molecule has 0 radical (unpaired) electrons. The number of nitrogens with two attached hydrogens (primary N) is 1. The maximum absolute atomic E-state index is 13.2. The van der Waals surface area contributed by atoms with Crippen LogP contribution >= 0.6 is 0 Å². The van der Waals surface area contributed by atoms with Crippen LogP contribution in [0.3, 0.4) is 0 Å². The molecule has 1 aromatic rings. The summed E-state index contributed by atoms with van der Waals surface area (Å²) in [5.41, 5.74) is 6.54. The van der Waals surface area contributed by atoms with Gasteiger partial charge in [-0.1, -0.05) is 6.92 Å². The van der Waals surface area contributed by atoms with Crippen LogP contribution in [-0.2, 0) is 5.41 Å². The first-order valence-corrected chi connectivity index (χ1v) is 5.29. The molecule has 1 aliphatic rings. The Hall–Kier alpha value is -1.09. The van der Waals surface area contributed by atoms with Crippen molar-refractivity contribution < 1.29 is 9.13 Å². The van der Waals surface area contributed by atoms with Gasteiger partial charge in [0.15, 0.2) is 0 Å². The summed E-state index contributed by atoms with van der Waals surface area (Å²) in [6.07, 6.45) is 1.91. The van der Waals surface area contributed by atoms with Gasteiger partial charge < -0.3 is 10.5 Å². The molecule has 2 N–H and O–H groups in total. The lowest BCUT2D eigenvalue weighted by Crippen LogP contribution is -2.31. The van der Waals surface area contributed by atoms with Gasteiger partial charge in [0.1, 0.15) is 11.6 Å². The molecule has 0 aromatic heterocycles. The fourth-order valence-electron chi connectivity index (χ4n) is 2.09. The Morgan fingerprint density at radius 1 is 1.53 bits per heavy atom. The predicted octanol–water partition coefficient (Wildman–Crippen LogP) is 2.21. The first kappa shape index (κ1) is 10.4. The van der Waals surface area contributed by atoms with Gasteiger partial charge in [0.2, 0.25) is 0 Å². The zero-order chi connectivity index (χ0) is 10.9. The molecule has 2 nitrogen and oxygen atoms in total. The molecule has 0 amide bonds. The van der Waals surface area contributed by atoms with Crippen LogP contribution in [0.25, 0.3) is 0 Å². The minimum atomic E-state index is -0.223. The highest BCUT2D eigenvalue weighted by Crippen LogP contribution is 2.37. The molecule has 0 saturated carbocycles. The monoisotopic (exact) mass is 209 g/mol. The van der Waals surface area contributed by atoms with Gasteiger partial charge in [0.05, 0.1) is 6.61 Å². The van der Waals surface area contributed by atoms with E-state index in [0.717, 1.165) is 24.2 Å². The fraction of sp³-hybridized carbons (Fsp3) is 0.500. The smallest absolute Gasteiger partial charge is 0.123 e. The Morgan fingerprint density at radius 3 is 3.07 bits per heavy atom. The minimum absolute atomic E-state index is 0.159. The van der Waals surface area contributed by atoms with E-state index in [4.69, 9.17) is 10.5 Å². The molecule has 0 aliphatic carbocycles. The third-order valence-corrected chi connectivity index (χ3v) is 3.17. The highest BCUT2D eigenvalue weighted by Gasteiger charge is 2.30. The second kappa shape index (κ2) is 3.81. The van der Waals surface area contributed by atoms with Crippen molar-refractivity contribution in [2.75, 3.05) is 13.2 Å². The van der Waals surface area contributed by atoms with E-state index < -0.39 is 0 Å². The van der Waals surface area contributed by atoms with Crippen molar-refractivity contribution in [3.63, 3.8) is 0 Å². The Bertz CT molecular complexity index is 367. The van der Waals surface area contributed by atoms with Crippen LogP contribution in [-0.4, -0.2) is 13.2 Å². The Balaban J connectivity index is 2.52. The zero-order valence-electron chi connectivity index (χ0n) is 8.92. The van der Waals surface area contributed by atoms with Crippen molar-refractivity contribution >= 4 is 0 Å². The van der Waals surface area contributed by atoms with E-state index in [0.29, 0.717) is 13.2 Å². The molecule has 1 heterocycles. The number of rotatable bonds is 1. The van der Waals surface area contributed by atoms with E-state index in [9.17, 15) is 4.39 Å². The molecular formula is C12H16FNO. The second-order valence-corrected chi connectivity index (χ2v) is 4.36. The number of fused-ring (bicyclic) bond motifs is 1. The van der Waals surface area contributed by atoms with Crippen molar-refractivity contribution in [3.8, 4) is 5.75 Å². The summed E-state index contributed by atoms with van der Waals surface area (Å²) in [5.74, 6) is 0.556. The lowest BCUT2D eigenvalue weighted by Gasteiger charge is -2.27. The van der Waals surface area contributed by atoms with E-state index in [1.54, 1.807) is 12.1 Å². The van der Waals surface area contributed by atoms with Crippen molar-refractivity contribution in [2.45, 2.75) is 25.2 Å². The van der Waals surface area contributed by atoms with E-state index in [1.165, 1.54) is 6.07 Å². The molecule has 0 fully saturated rings. The first-order chi connectivity index (χ1) is 7.15. The molecule has 15 heavy (non-hydrogen) atoms. The molecule has 1 aliphatic heterocycles. The maximum Gasteiger partial charge on any atom is 0.123 e. The number of benzene rings is 1. The number of ether oxygens (including phenoxy) is 1. The zero-order valence-corrected chi connectivity index (χ0v) is 8.92. The van der Waals surface area contributed by atoms with Crippen LogP contribution in [0.1, 0.15) is 25.3 Å². The molecule has 0 bridgehead atoms. The standard InChI is InChI=1S/C12H16FNO/c1-12(8-14)5-2-6-15-11-4-3-9(13)7-10(11)12/h3-4,7H,2,5-6,8,14H2,1H3. The van der Waals surface area contributed by atoms with Crippen LogP contribution in [0.15, 0.2) is 18.2 Å². The molecule has 1 atom stereocenters. The highest BCUT2D eigenvalue weighted by atomic mass is 19.1. The van der Waals surface area contributed by atoms with Gasteiger partial charge in [-0.25, -0.2) is 4.39 Å². The van der Waals surface area contributed by atoms with Gasteiger partial charge in [-0.05, 0) is 31.0 Å². The Kier molecular flexibility index (Phi) is 2.65. The fourth-order valence-corrected chi connectivity index (χ4v) is 2.09. The van der Waals surface area contributed by atoms with E-state index in [-0.39, 0.29) is 11.2 Å². The number of hydrogen-bond acceptors (Lipinski definition) is 2. The normalized spacial score (nSPS) is 25.3. The van der Waals surface area contributed by atoms with Crippen LogP contribution in [0.2, 0.25) is 0 Å². The molecule has 2 rings (SSSR count). The number of hydrogen-bond donors (Lipinski definition) is 1. The SMILES string of the molecule is CC1(CN)CCCOc2ccc(F)cc21. The quantitative estimate of drug-likeness (QED) is 0.769. The van der Waals surface area contributed by atoms with Crippen LogP contribution in [0.5, 0.6) is 5.75 Å². The summed E-state index contributed by atoms with van der Waals surface area (Å²) in [6, 6.07) is 4.68. The molecule has 1 unspecified atom stereocenters. The minimum Gasteiger partial charge on any atom is -0.493 e. The summed E-state index contributed by atoms with van der Waals surface area (Å²) in [7, 11) is 0. The lowest BCUT2D eigenvalue weighted by atomic mass is 9.78. The van der Waals surface area contributed by atoms with Gasteiger partial charge in [0.25, 0.3) is 0 Å². The summed E-state index contributed by atoms with van der Waals surface area (Å²) in [5, 5.41) is 0. The Morgan fingerprint density at radius 2 is 2.33 bits per heavy atom. The predicted molar refractivity (Wildman–Crippen MR) is 57.5 cm³/mol. The molecule has 0 saturated heterocycles. The van der Waals surface area contributed by atoms with Crippen molar-refractivity contribution in [3.05, 3.63) is 29.6 Å². The van der Waals surface area contributed by atoms with Crippen molar-refractivity contribution in [1.29, 1.82) is 0 Å². The summed E-state index contributed by atoms with van der Waals surface area (Å²) in [6.45, 7) is 3.28. The maximum atomic E-state index is 13.2. The first-order valence-electron chi connectivity index (χ1n) is 5.29. The average molecular weight is 209 g/mol. The molecular weight excluding hydrogens is 193 g/mol. The van der Waals surface area contributed by atoms with Gasteiger partial charge >= 0.3 is 0 Å². The topological polar surface area (TPSA) is 35.2 Å². The highest BCUT2D eigenvalue weighted by molar-refractivity contribution is 5.40. The van der Waals surface area contributed by atoms with E-state index in [1.807, 2.05) is 0 Å². The van der Waals surface area contributed by atoms with Gasteiger partial charge in [-0.15, -0.1) is 0 Å². The largest absolute Gasteiger partial charge is 0.493 e. The Labute approximate surface area is 89.2 Å². The van der Waals surface area contributed by atoms with Crippen molar-refractivity contribution in [1.82, 2.24) is 0 Å². The molecule has 82 valence electrons. The number of halogens is 1. The molecule has 3 heteroatoms. The average Bonchev–Trinajstić information content (AvgIpc) is 2.40. The van der Waals surface area contributed by atoms with Gasteiger partial charge in [-0.2, -0.15) is 0 Å². The molecule has 1 aromatic carbocycles. The van der Waals surface area contributed by atoms with Crippen LogP contribution in [0, 0.1) is 5.82 Å². The van der Waals surface area contributed by atoms with Crippen LogP contribution in [0.4, 0.5) is 4.39 Å². The van der Waals surface area contributed by atoms with Gasteiger partial charge in [0, 0.05) is 17.5 Å². The van der Waals surface area contributed by atoms with Crippen molar-refractivity contribution in [2.24, 2.45) is 5.73 Å². The summed E-state index contributed by atoms with van der Waals surface area (Å²) >= 11 is 0. The molecule has 0 spiro atoms. The lowest BCUT2D eigenvalue weighted by molar-refractivity contribution is 0.313. The third kappa shape index (κ3) is 1.84. The third-order valence-electron chi connectivity index (χ3n) is 3.17.